The van der Waals surface area contributed by atoms with E-state index in [0.29, 0.717) is 19.3 Å². The molecule has 0 heterocycles. The number of rotatable bonds is 91. The van der Waals surface area contributed by atoms with Gasteiger partial charge in [-0.15, -0.1) is 0 Å². The second-order valence-electron chi connectivity index (χ2n) is 32.1. The Balaban J connectivity index is 4.51. The van der Waals surface area contributed by atoms with Crippen molar-refractivity contribution in [3.63, 3.8) is 0 Å². The van der Waals surface area contributed by atoms with Gasteiger partial charge in [-0.2, -0.15) is 0 Å². The maximum atomic E-state index is 13.1. The number of phosphoric acid groups is 2. The number of esters is 3. The van der Waals surface area contributed by atoms with Crippen molar-refractivity contribution in [2.75, 3.05) is 39.6 Å². The van der Waals surface area contributed by atoms with Gasteiger partial charge in [-0.3, -0.25) is 32.5 Å². The van der Waals surface area contributed by atoms with Crippen LogP contribution in [0.2, 0.25) is 0 Å². The zero-order valence-corrected chi connectivity index (χ0v) is 78.4. The fourth-order valence-electron chi connectivity index (χ4n) is 13.1. The van der Waals surface area contributed by atoms with Crippen LogP contribution in [0, 0.1) is 0 Å². The van der Waals surface area contributed by atoms with Crippen LogP contribution in [-0.4, -0.2) is 95.9 Å². The van der Waals surface area contributed by atoms with Crippen LogP contribution in [0.1, 0.15) is 406 Å². The van der Waals surface area contributed by atoms with E-state index < -0.39 is 91.5 Å². The minimum Gasteiger partial charge on any atom is -0.463 e. The van der Waals surface area contributed by atoms with Crippen molar-refractivity contribution in [3.8, 4) is 0 Å². The van der Waals surface area contributed by atoms with Gasteiger partial charge in [0.05, 0.1) is 26.4 Å². The van der Waals surface area contributed by atoms with Crippen LogP contribution in [0.25, 0.3) is 0 Å². The lowest BCUT2D eigenvalue weighted by atomic mass is 10.0. The van der Waals surface area contributed by atoms with Crippen molar-refractivity contribution in [2.24, 2.45) is 0 Å². The summed E-state index contributed by atoms with van der Waals surface area (Å²) in [5.41, 5.74) is 0. The van der Waals surface area contributed by atoms with Gasteiger partial charge in [0.25, 0.3) is 0 Å². The van der Waals surface area contributed by atoms with E-state index in [1.54, 1.807) is 0 Å². The van der Waals surface area contributed by atoms with Crippen LogP contribution < -0.4 is 0 Å². The number of aliphatic hydroxyl groups is 2. The number of unbranched alkanes of at least 4 members (excludes halogenated alkanes) is 40. The highest BCUT2D eigenvalue weighted by Crippen LogP contribution is 2.45. The fraction of sp³-hybridized carbons (Fsp3) is 0.699. The first-order chi connectivity index (χ1) is 59.2. The SMILES string of the molecule is CC/C=C\C/C=C\C/C=C\C/C=C\C/C=C\C/C=C\CCCCCCCCCCCCCCC(=O)OCC(COP(=O)(O)OCC(O)COP(=O)(O)OCC(O)COC(=O)CCCCCCCCCCCCCCCCCCCCC/C=C\C/C=C\C/C=C\C/C=C\CCCCC)OC(=O)CCCCCCCC/C=C\C/C=C\C/C=C\C/C=C\CC. The van der Waals surface area contributed by atoms with Crippen molar-refractivity contribution in [1.82, 2.24) is 0 Å². The van der Waals surface area contributed by atoms with Crippen molar-refractivity contribution in [3.05, 3.63) is 170 Å². The second kappa shape index (κ2) is 94.1. The van der Waals surface area contributed by atoms with Gasteiger partial charge in [-0.05, 0) is 154 Å². The minimum absolute atomic E-state index is 0.0843. The summed E-state index contributed by atoms with van der Waals surface area (Å²) in [5, 5.41) is 20.8. The Morgan fingerprint density at radius 2 is 0.438 bits per heavy atom. The molecule has 0 aliphatic carbocycles. The van der Waals surface area contributed by atoms with E-state index >= 15 is 0 Å². The third kappa shape index (κ3) is 95.4. The predicted molar refractivity (Wildman–Crippen MR) is 509 cm³/mol. The van der Waals surface area contributed by atoms with Crippen LogP contribution in [0.15, 0.2) is 170 Å². The Labute approximate surface area is 739 Å². The monoisotopic (exact) mass is 1730 g/mol. The number of carbonyl (C=O) groups excluding carboxylic acids is 3. The van der Waals surface area contributed by atoms with E-state index in [1.807, 2.05) is 0 Å². The van der Waals surface area contributed by atoms with Crippen molar-refractivity contribution in [2.45, 2.75) is 424 Å². The molecule has 0 aromatic heterocycles. The largest absolute Gasteiger partial charge is 0.472 e. The van der Waals surface area contributed by atoms with Gasteiger partial charge < -0.3 is 34.2 Å². The molecule has 0 aliphatic heterocycles. The zero-order valence-electron chi connectivity index (χ0n) is 76.6. The lowest BCUT2D eigenvalue weighted by Gasteiger charge is -2.21. The van der Waals surface area contributed by atoms with Crippen molar-refractivity contribution in [1.29, 1.82) is 0 Å². The highest BCUT2D eigenvalue weighted by molar-refractivity contribution is 7.47. The molecule has 0 rings (SSSR count). The molecule has 0 fully saturated rings. The van der Waals surface area contributed by atoms with E-state index in [1.165, 1.54) is 173 Å². The molecule has 5 unspecified atom stereocenters. The summed E-state index contributed by atoms with van der Waals surface area (Å²) >= 11 is 0. The Kier molecular flexibility index (Phi) is 90.1. The van der Waals surface area contributed by atoms with E-state index in [4.69, 9.17) is 32.3 Å². The summed E-state index contributed by atoms with van der Waals surface area (Å²) in [7, 11) is -9.82. The number of aliphatic hydroxyl groups excluding tert-OH is 2. The summed E-state index contributed by atoms with van der Waals surface area (Å²) < 4.78 is 61.5. The number of phosphoric ester groups is 2. The van der Waals surface area contributed by atoms with Gasteiger partial charge in [0.2, 0.25) is 0 Å². The topological polar surface area (TPSA) is 231 Å². The first-order valence-electron chi connectivity index (χ1n) is 48.4. The average molecular weight is 1730 g/mol. The first-order valence-corrected chi connectivity index (χ1v) is 51.4. The lowest BCUT2D eigenvalue weighted by Crippen LogP contribution is -2.30. The van der Waals surface area contributed by atoms with Gasteiger partial charge in [-0.25, -0.2) is 9.13 Å². The van der Waals surface area contributed by atoms with Crippen LogP contribution in [-0.2, 0) is 55.8 Å². The molecule has 4 N–H and O–H groups in total. The summed E-state index contributed by atoms with van der Waals surface area (Å²) in [6.45, 7) is 2.46. The summed E-state index contributed by atoms with van der Waals surface area (Å²) in [4.78, 5) is 59.0. The normalized spacial score (nSPS) is 14.5. The number of ether oxygens (including phenoxy) is 3. The molecule has 0 bridgehead atoms. The van der Waals surface area contributed by atoms with Gasteiger partial charge in [0.15, 0.2) is 6.10 Å². The highest BCUT2D eigenvalue weighted by Gasteiger charge is 2.30. The molecule has 0 spiro atoms. The molecular weight excluding hydrogens is 1560 g/mol. The molecule has 16 nitrogen and oxygen atoms in total. The first kappa shape index (κ1) is 116. The molecule has 0 amide bonds. The molecule has 694 valence electrons. The van der Waals surface area contributed by atoms with Crippen LogP contribution in [0.5, 0.6) is 0 Å². The standard InChI is InChI=1S/C103H176O16P2/c1-4-7-10-13-16-19-22-25-28-31-34-36-38-40-42-44-46-47-48-49-51-53-54-56-58-60-63-65-68-71-74-77-80-83-86-89-101(106)113-92-98(104)93-115-120(109,110)116-94-99(105)95-117-121(111,112)118-97-100(119-103(108)91-88-85-82-79-76-73-70-67-62-33-30-27-24-21-18-15-12-9-6-3)96-114-102(107)90-87-84-81-78-75-72-69-66-64-61-59-57-55-52-50-45-43-41-39-37-35-32-29-26-23-20-17-14-11-8-5-2/h8-9,11-12,16-21,25-30,34-37,40-43,50,52,62,67,98-100,104-105H,4-7,10,13-15,22-24,31-33,38-39,44-49,51,53-61,63-66,68-97H2,1-3H3,(H,109,110)(H,111,112)/b11-8-,12-9-,19-16-,20-17-,21-18-,28-25-,29-26-,30-27-,36-34-,37-35-,42-40-,43-41-,52-50-,67-62-. The molecule has 0 saturated carbocycles. The molecule has 0 aromatic rings. The highest BCUT2D eigenvalue weighted by atomic mass is 31.2. The van der Waals surface area contributed by atoms with E-state index in [2.05, 4.69) is 191 Å². The van der Waals surface area contributed by atoms with Crippen molar-refractivity contribution >= 4 is 33.6 Å². The Morgan fingerprint density at radius 3 is 0.694 bits per heavy atom. The zero-order chi connectivity index (χ0) is 87.9. The predicted octanol–water partition coefficient (Wildman–Crippen LogP) is 30.2. The van der Waals surface area contributed by atoms with Gasteiger partial charge in [0, 0.05) is 19.3 Å². The van der Waals surface area contributed by atoms with E-state index in [-0.39, 0.29) is 19.3 Å². The second-order valence-corrected chi connectivity index (χ2v) is 35.0. The third-order valence-corrected chi connectivity index (χ3v) is 22.3. The Morgan fingerprint density at radius 1 is 0.240 bits per heavy atom. The number of carbonyl (C=O) groups is 3. The van der Waals surface area contributed by atoms with E-state index in [0.717, 1.165) is 173 Å². The van der Waals surface area contributed by atoms with Crippen LogP contribution in [0.3, 0.4) is 0 Å². The molecule has 0 radical (unpaired) electrons. The molecule has 18 heteroatoms. The average Bonchev–Trinajstić information content (AvgIpc) is 0.900. The third-order valence-electron chi connectivity index (χ3n) is 20.4. The quantitative estimate of drug-likeness (QED) is 0.0146. The molecule has 0 aromatic carbocycles. The molecular formula is C103H176O16P2. The van der Waals surface area contributed by atoms with Crippen molar-refractivity contribution < 1.29 is 75.8 Å². The molecule has 5 atom stereocenters. The molecule has 0 aliphatic rings. The smallest absolute Gasteiger partial charge is 0.463 e. The maximum absolute atomic E-state index is 13.1. The van der Waals surface area contributed by atoms with Gasteiger partial charge >= 0.3 is 33.6 Å². The number of allylic oxidation sites excluding steroid dienone is 28. The van der Waals surface area contributed by atoms with Crippen LogP contribution in [0.4, 0.5) is 0 Å². The van der Waals surface area contributed by atoms with Gasteiger partial charge in [0.1, 0.15) is 25.4 Å². The van der Waals surface area contributed by atoms with E-state index in [9.17, 15) is 43.5 Å². The van der Waals surface area contributed by atoms with Gasteiger partial charge in [-0.1, -0.05) is 403 Å². The number of hydrogen-bond donors (Lipinski definition) is 4. The van der Waals surface area contributed by atoms with Crippen LogP contribution >= 0.6 is 15.6 Å². The summed E-state index contributed by atoms with van der Waals surface area (Å²) in [5.74, 6) is -1.58. The molecule has 121 heavy (non-hydrogen) atoms. The molecule has 0 saturated heterocycles. The Bertz CT molecular complexity index is 2880. The summed E-state index contributed by atoms with van der Waals surface area (Å²) in [6.07, 6.45) is 123. The summed E-state index contributed by atoms with van der Waals surface area (Å²) in [6, 6.07) is 0. The lowest BCUT2D eigenvalue weighted by molar-refractivity contribution is -0.161. The Hall–Kier alpha value is -5.09. The minimum atomic E-state index is -4.95. The maximum Gasteiger partial charge on any atom is 0.472 e. The fourth-order valence-corrected chi connectivity index (χ4v) is 14.7. The number of hydrogen-bond acceptors (Lipinski definition) is 14.